The second-order valence-corrected chi connectivity index (χ2v) is 2.23. The molecule has 0 amide bonds. The van der Waals surface area contributed by atoms with Crippen molar-refractivity contribution in [2.75, 3.05) is 6.61 Å². The number of hydrogen-bond donors (Lipinski definition) is 0. The van der Waals surface area contributed by atoms with Crippen LogP contribution in [0.25, 0.3) is 0 Å². The molecule has 0 radical (unpaired) electrons. The van der Waals surface area contributed by atoms with Crippen molar-refractivity contribution in [2.24, 2.45) is 0 Å². The first kappa shape index (κ1) is 8.50. The van der Waals surface area contributed by atoms with E-state index in [9.17, 15) is 9.18 Å². The van der Waals surface area contributed by atoms with Gasteiger partial charge in [-0.25, -0.2) is 9.18 Å². The van der Waals surface area contributed by atoms with Crippen molar-refractivity contribution in [3.63, 3.8) is 0 Å². The molecule has 0 fully saturated rings. The van der Waals surface area contributed by atoms with Crippen LogP contribution in [0.4, 0.5) is 4.39 Å². The van der Waals surface area contributed by atoms with Crippen molar-refractivity contribution < 1.29 is 15.3 Å². The zero-order chi connectivity index (χ0) is 9.61. The van der Waals surface area contributed by atoms with Crippen molar-refractivity contribution in [1.29, 1.82) is 0 Å². The minimum absolute atomic E-state index is 0.0810. The fraction of sp³-hybridized carbons (Fsp3) is 0.875. The first-order valence-electron chi connectivity index (χ1n) is 4.40. The van der Waals surface area contributed by atoms with Crippen LogP contribution in [0, 0.1) is 0 Å². The molecule has 0 saturated carbocycles. The molecular weight excluding hydrogens is 147 g/mol. The molecule has 0 aromatic heterocycles. The van der Waals surface area contributed by atoms with Crippen LogP contribution in [-0.2, 0) is 9.53 Å². The van der Waals surface area contributed by atoms with Crippen molar-refractivity contribution in [2.45, 2.75) is 39.3 Å². The van der Waals surface area contributed by atoms with Gasteiger partial charge in [0.15, 0.2) is 6.15 Å². The lowest BCUT2D eigenvalue weighted by Crippen LogP contribution is -2.18. The summed E-state index contributed by atoms with van der Waals surface area (Å²) in [6.45, 7) is 3.59. The summed E-state index contributed by atoms with van der Waals surface area (Å²) in [6.07, 6.45) is -1.34. The van der Waals surface area contributed by atoms with Crippen LogP contribution in [0.5, 0.6) is 0 Å². The number of alkyl halides is 1. The van der Waals surface area contributed by atoms with E-state index in [-0.39, 0.29) is 13.0 Å². The summed E-state index contributed by atoms with van der Waals surface area (Å²) in [5.41, 5.74) is 0. The Morgan fingerprint density at radius 2 is 2.36 bits per heavy atom. The molecule has 66 valence electrons. The number of hydrogen-bond acceptors (Lipinski definition) is 2. The van der Waals surface area contributed by atoms with Crippen molar-refractivity contribution >= 4 is 5.97 Å². The number of esters is 1. The Labute approximate surface area is 68.1 Å². The zero-order valence-electron chi connectivity index (χ0n) is 8.02. The number of carbonyl (C=O) groups is 1. The van der Waals surface area contributed by atoms with Crippen LogP contribution in [0.3, 0.4) is 0 Å². The van der Waals surface area contributed by atoms with Gasteiger partial charge in [-0.05, 0) is 13.3 Å². The lowest BCUT2D eigenvalue weighted by Gasteiger charge is -2.05. The van der Waals surface area contributed by atoms with Gasteiger partial charge in [0, 0.05) is 0 Å². The second kappa shape index (κ2) is 6.13. The Hall–Kier alpha value is -0.600. The summed E-state index contributed by atoms with van der Waals surface area (Å²) in [5.74, 6) is -1.07. The third kappa shape index (κ3) is 4.76. The van der Waals surface area contributed by atoms with Crippen molar-refractivity contribution in [1.82, 2.24) is 0 Å². The minimum Gasteiger partial charge on any atom is -0.464 e. The van der Waals surface area contributed by atoms with Gasteiger partial charge in [0.25, 0.3) is 0 Å². The monoisotopic (exact) mass is 163 g/mol. The summed E-state index contributed by atoms with van der Waals surface area (Å²) in [4.78, 5) is 10.8. The lowest BCUT2D eigenvalue weighted by atomic mass is 10.2. The molecule has 0 rings (SSSR count). The molecule has 3 heteroatoms. The Balaban J connectivity index is 3.90. The van der Waals surface area contributed by atoms with Gasteiger partial charge in [0.05, 0.1) is 7.98 Å². The summed E-state index contributed by atoms with van der Waals surface area (Å²) in [6, 6.07) is 0. The molecule has 0 spiro atoms. The van der Waals surface area contributed by atoms with Crippen LogP contribution in [0.15, 0.2) is 0 Å². The second-order valence-electron chi connectivity index (χ2n) is 2.23. The molecule has 0 bridgehead atoms. The average molecular weight is 163 g/mol. The number of halogens is 1. The van der Waals surface area contributed by atoms with Crippen LogP contribution in [0.2, 0.25) is 0 Å². The molecule has 2 nitrogen and oxygen atoms in total. The maximum atomic E-state index is 13.1. The lowest BCUT2D eigenvalue weighted by molar-refractivity contribution is -0.149. The summed E-state index contributed by atoms with van der Waals surface area (Å²) in [7, 11) is 0. The summed E-state index contributed by atoms with van der Waals surface area (Å²) in [5, 5.41) is 0. The van der Waals surface area contributed by atoms with E-state index in [4.69, 9.17) is 1.37 Å². The van der Waals surface area contributed by atoms with E-state index in [0.29, 0.717) is 6.42 Å². The standard InChI is InChI=1S/C8H15FO2/c1-3-5-6-7(9)8(10)11-4-2/h7H,3-6H2,1-2H3/i7D. The molecule has 1 unspecified atom stereocenters. The number of unbranched alkanes of at least 4 members (excludes halogenated alkanes) is 1. The largest absolute Gasteiger partial charge is 0.464 e. The fourth-order valence-corrected chi connectivity index (χ4v) is 0.643. The van der Waals surface area contributed by atoms with Gasteiger partial charge in [-0.3, -0.25) is 0 Å². The predicted molar refractivity (Wildman–Crippen MR) is 41.1 cm³/mol. The van der Waals surface area contributed by atoms with Crippen LogP contribution >= 0.6 is 0 Å². The van der Waals surface area contributed by atoms with E-state index < -0.39 is 12.1 Å². The molecule has 0 aromatic rings. The average Bonchev–Trinajstić information content (AvgIpc) is 2.01. The van der Waals surface area contributed by atoms with E-state index in [1.54, 1.807) is 6.92 Å². The first-order valence-corrected chi connectivity index (χ1v) is 3.90. The Kier molecular flexibility index (Phi) is 4.74. The Bertz CT molecular complexity index is 148. The SMILES string of the molecule is [2H]C(F)(CCCC)C(=O)OCC. The maximum Gasteiger partial charge on any atom is 0.340 e. The van der Waals surface area contributed by atoms with Crippen LogP contribution < -0.4 is 0 Å². The highest BCUT2D eigenvalue weighted by atomic mass is 19.1. The van der Waals surface area contributed by atoms with E-state index in [1.807, 2.05) is 6.92 Å². The van der Waals surface area contributed by atoms with Gasteiger partial charge in [-0.1, -0.05) is 19.8 Å². The molecule has 0 aliphatic rings. The molecule has 0 heterocycles. The highest BCUT2D eigenvalue weighted by Gasteiger charge is 2.16. The molecular formula is C8H15FO2. The Morgan fingerprint density at radius 3 is 2.82 bits per heavy atom. The van der Waals surface area contributed by atoms with Gasteiger partial charge < -0.3 is 4.74 Å². The third-order valence-electron chi connectivity index (χ3n) is 1.25. The minimum atomic E-state index is -2.55. The topological polar surface area (TPSA) is 26.3 Å². The number of carbonyl (C=O) groups excluding carboxylic acids is 1. The molecule has 11 heavy (non-hydrogen) atoms. The third-order valence-corrected chi connectivity index (χ3v) is 1.25. The first-order chi connectivity index (χ1) is 5.54. The molecule has 1 atom stereocenters. The molecule has 0 aromatic carbocycles. The van der Waals surface area contributed by atoms with E-state index in [2.05, 4.69) is 4.74 Å². The molecule has 0 aliphatic carbocycles. The summed E-state index contributed by atoms with van der Waals surface area (Å²) >= 11 is 0. The van der Waals surface area contributed by atoms with Crippen LogP contribution in [0.1, 0.15) is 34.5 Å². The van der Waals surface area contributed by atoms with E-state index >= 15 is 0 Å². The van der Waals surface area contributed by atoms with Crippen LogP contribution in [-0.4, -0.2) is 18.7 Å². The number of rotatable bonds is 5. The zero-order valence-corrected chi connectivity index (χ0v) is 7.02. The predicted octanol–water partition coefficient (Wildman–Crippen LogP) is 2.08. The van der Waals surface area contributed by atoms with Gasteiger partial charge in [-0.2, -0.15) is 0 Å². The Morgan fingerprint density at radius 1 is 1.73 bits per heavy atom. The normalized spacial score (nSPS) is 16.8. The molecule has 0 N–H and O–H groups in total. The van der Waals surface area contributed by atoms with Gasteiger partial charge in [-0.15, -0.1) is 0 Å². The fourth-order valence-electron chi connectivity index (χ4n) is 0.643. The smallest absolute Gasteiger partial charge is 0.340 e. The number of ether oxygens (including phenoxy) is 1. The van der Waals surface area contributed by atoms with Gasteiger partial charge >= 0.3 is 5.97 Å². The van der Waals surface area contributed by atoms with E-state index in [1.165, 1.54) is 0 Å². The highest BCUT2D eigenvalue weighted by molar-refractivity contribution is 5.74. The van der Waals surface area contributed by atoms with E-state index in [0.717, 1.165) is 6.42 Å². The quantitative estimate of drug-likeness (QED) is 0.580. The van der Waals surface area contributed by atoms with Gasteiger partial charge in [0.2, 0.25) is 0 Å². The molecule has 0 aliphatic heterocycles. The maximum absolute atomic E-state index is 13.1. The summed E-state index contributed by atoms with van der Waals surface area (Å²) < 4.78 is 24.4. The van der Waals surface area contributed by atoms with Gasteiger partial charge in [0.1, 0.15) is 0 Å². The van der Waals surface area contributed by atoms with Crippen molar-refractivity contribution in [3.8, 4) is 0 Å². The van der Waals surface area contributed by atoms with Crippen molar-refractivity contribution in [3.05, 3.63) is 0 Å². The highest BCUT2D eigenvalue weighted by Crippen LogP contribution is 2.05. The molecule has 0 saturated heterocycles.